The Hall–Kier alpha value is -2.90. The first-order chi connectivity index (χ1) is 15.4. The van der Waals surface area contributed by atoms with Gasteiger partial charge in [0.2, 0.25) is 0 Å². The monoisotopic (exact) mass is 554 g/mol. The number of halogens is 2. The van der Waals surface area contributed by atoms with Crippen LogP contribution in [0.1, 0.15) is 34.2 Å². The van der Waals surface area contributed by atoms with Gasteiger partial charge in [0, 0.05) is 10.9 Å². The summed E-state index contributed by atoms with van der Waals surface area (Å²) in [7, 11) is 0. The first kappa shape index (κ1) is 22.3. The molecule has 0 atom stereocenters. The van der Waals surface area contributed by atoms with Crippen LogP contribution < -0.4 is 10.2 Å². The van der Waals surface area contributed by atoms with Crippen molar-refractivity contribution < 1.29 is 13.9 Å². The average Bonchev–Trinajstić information content (AvgIpc) is 3.21. The van der Waals surface area contributed by atoms with Crippen LogP contribution in [-0.2, 0) is 6.61 Å². The van der Waals surface area contributed by atoms with Crippen LogP contribution in [0.15, 0.2) is 85.2 Å². The first-order valence-electron chi connectivity index (χ1n) is 9.91. The van der Waals surface area contributed by atoms with Crippen molar-refractivity contribution in [3.8, 4) is 5.75 Å². The Labute approximate surface area is 202 Å². The Morgan fingerprint density at radius 1 is 1.03 bits per heavy atom. The second-order valence-corrected chi connectivity index (χ2v) is 9.04. The Bertz CT molecular complexity index is 1250. The molecule has 0 saturated carbocycles. The molecule has 5 nitrogen and oxygen atoms in total. The molecule has 1 N–H and O–H groups in total. The zero-order chi connectivity index (χ0) is 22.7. The SMILES string of the molecule is C/C(=N\NC(=O)c1ccc(COc2c(Br)cc(C)cc2Br)cc1)c1cc2ccccc2o1. The molecule has 1 aromatic heterocycles. The minimum absolute atomic E-state index is 0.294. The molecule has 4 aromatic rings. The van der Waals surface area contributed by atoms with Gasteiger partial charge in [0.05, 0.1) is 8.95 Å². The Kier molecular flexibility index (Phi) is 6.77. The van der Waals surface area contributed by atoms with Gasteiger partial charge in [-0.25, -0.2) is 5.43 Å². The lowest BCUT2D eigenvalue weighted by atomic mass is 10.1. The number of hydrazone groups is 1. The summed E-state index contributed by atoms with van der Waals surface area (Å²) in [5.41, 5.74) is 6.54. The summed E-state index contributed by atoms with van der Waals surface area (Å²) in [6.45, 7) is 4.19. The third kappa shape index (κ3) is 5.11. The van der Waals surface area contributed by atoms with Crippen LogP contribution in [0.5, 0.6) is 5.75 Å². The summed E-state index contributed by atoms with van der Waals surface area (Å²) in [5.74, 6) is 1.07. The van der Waals surface area contributed by atoms with Crippen molar-refractivity contribution in [2.24, 2.45) is 5.10 Å². The maximum atomic E-state index is 12.5. The predicted molar refractivity (Wildman–Crippen MR) is 133 cm³/mol. The molecule has 0 aliphatic heterocycles. The molecule has 7 heteroatoms. The molecule has 1 amide bonds. The molecule has 0 spiro atoms. The highest BCUT2D eigenvalue weighted by Crippen LogP contribution is 2.35. The smallest absolute Gasteiger partial charge is 0.271 e. The summed E-state index contributed by atoms with van der Waals surface area (Å²) < 4.78 is 13.5. The number of carbonyl (C=O) groups is 1. The zero-order valence-corrected chi connectivity index (χ0v) is 20.7. The van der Waals surface area contributed by atoms with Gasteiger partial charge >= 0.3 is 0 Å². The number of carbonyl (C=O) groups excluding carboxylic acids is 1. The molecular weight excluding hydrogens is 536 g/mol. The Balaban J connectivity index is 1.38. The maximum absolute atomic E-state index is 12.5. The number of furan rings is 1. The van der Waals surface area contributed by atoms with E-state index in [1.54, 1.807) is 19.1 Å². The molecule has 0 unspecified atom stereocenters. The molecule has 0 bridgehead atoms. The van der Waals surface area contributed by atoms with Crippen LogP contribution in [0.25, 0.3) is 11.0 Å². The van der Waals surface area contributed by atoms with E-state index in [1.807, 2.05) is 61.5 Å². The normalized spacial score (nSPS) is 11.6. The highest BCUT2D eigenvalue weighted by atomic mass is 79.9. The fourth-order valence-electron chi connectivity index (χ4n) is 3.15. The van der Waals surface area contributed by atoms with E-state index in [2.05, 4.69) is 42.4 Å². The van der Waals surface area contributed by atoms with Crippen LogP contribution in [0.4, 0.5) is 0 Å². The quantitative estimate of drug-likeness (QED) is 0.206. The molecule has 0 aliphatic rings. The number of benzene rings is 3. The Morgan fingerprint density at radius 2 is 1.72 bits per heavy atom. The maximum Gasteiger partial charge on any atom is 0.271 e. The number of nitrogens with zero attached hydrogens (tertiary/aromatic N) is 1. The molecule has 0 fully saturated rings. The zero-order valence-electron chi connectivity index (χ0n) is 17.5. The number of amides is 1. The highest BCUT2D eigenvalue weighted by molar-refractivity contribution is 9.11. The van der Waals surface area contributed by atoms with Gasteiger partial charge in [-0.2, -0.15) is 5.10 Å². The molecule has 1 heterocycles. The molecule has 4 rings (SSSR count). The van der Waals surface area contributed by atoms with E-state index in [1.165, 1.54) is 0 Å². The van der Waals surface area contributed by atoms with E-state index in [0.29, 0.717) is 23.6 Å². The molecule has 32 heavy (non-hydrogen) atoms. The second kappa shape index (κ2) is 9.71. The van der Waals surface area contributed by atoms with Gasteiger partial charge in [-0.05, 0) is 93.2 Å². The van der Waals surface area contributed by atoms with E-state index in [4.69, 9.17) is 9.15 Å². The highest BCUT2D eigenvalue weighted by Gasteiger charge is 2.10. The van der Waals surface area contributed by atoms with E-state index >= 15 is 0 Å². The second-order valence-electron chi connectivity index (χ2n) is 7.33. The minimum Gasteiger partial charge on any atom is -0.487 e. The number of fused-ring (bicyclic) bond motifs is 1. The van der Waals surface area contributed by atoms with Gasteiger partial charge in [0.15, 0.2) is 5.76 Å². The largest absolute Gasteiger partial charge is 0.487 e. The lowest BCUT2D eigenvalue weighted by molar-refractivity contribution is 0.0954. The van der Waals surface area contributed by atoms with Crippen molar-refractivity contribution in [3.05, 3.63) is 98.1 Å². The van der Waals surface area contributed by atoms with Gasteiger partial charge in [-0.1, -0.05) is 30.3 Å². The molecular formula is C25H20Br2N2O3. The molecule has 0 saturated heterocycles. The predicted octanol–water partition coefficient (Wildman–Crippen LogP) is 7.00. The van der Waals surface area contributed by atoms with Crippen molar-refractivity contribution >= 4 is 54.4 Å². The average molecular weight is 556 g/mol. The third-order valence-electron chi connectivity index (χ3n) is 4.85. The summed E-state index contributed by atoms with van der Waals surface area (Å²) >= 11 is 7.06. The standard InChI is InChI=1S/C25H20Br2N2O3/c1-15-11-20(26)24(21(27)12-15)31-14-17-7-9-18(10-8-17)25(30)29-28-16(2)23-13-19-5-3-4-6-22(19)32-23/h3-13H,14H2,1-2H3,(H,29,30)/b28-16+. The molecule has 162 valence electrons. The van der Waals surface area contributed by atoms with Gasteiger partial charge < -0.3 is 9.15 Å². The van der Waals surface area contributed by atoms with Crippen molar-refractivity contribution in [1.82, 2.24) is 5.43 Å². The summed E-state index contributed by atoms with van der Waals surface area (Å²) in [5, 5.41) is 5.17. The minimum atomic E-state index is -0.294. The van der Waals surface area contributed by atoms with Crippen molar-refractivity contribution in [1.29, 1.82) is 0 Å². The fraction of sp³-hybridized carbons (Fsp3) is 0.120. The van der Waals surface area contributed by atoms with Crippen molar-refractivity contribution in [3.63, 3.8) is 0 Å². The number of hydrogen-bond donors (Lipinski definition) is 1. The van der Waals surface area contributed by atoms with Gasteiger partial charge in [-0.15, -0.1) is 0 Å². The first-order valence-corrected chi connectivity index (χ1v) is 11.5. The lowest BCUT2D eigenvalue weighted by Crippen LogP contribution is -2.19. The van der Waals surface area contributed by atoms with E-state index in [0.717, 1.165) is 36.8 Å². The number of aryl methyl sites for hydroxylation is 1. The number of para-hydroxylation sites is 1. The van der Waals surface area contributed by atoms with Crippen molar-refractivity contribution in [2.75, 3.05) is 0 Å². The van der Waals surface area contributed by atoms with E-state index in [-0.39, 0.29) is 5.91 Å². The topological polar surface area (TPSA) is 63.8 Å². The van der Waals surface area contributed by atoms with E-state index < -0.39 is 0 Å². The summed E-state index contributed by atoms with van der Waals surface area (Å²) in [4.78, 5) is 12.5. The molecule has 0 radical (unpaired) electrons. The van der Waals surface area contributed by atoms with Crippen LogP contribution in [-0.4, -0.2) is 11.6 Å². The molecule has 3 aromatic carbocycles. The van der Waals surface area contributed by atoms with Crippen LogP contribution in [0.2, 0.25) is 0 Å². The van der Waals surface area contributed by atoms with Crippen LogP contribution in [0.3, 0.4) is 0 Å². The fourth-order valence-corrected chi connectivity index (χ4v) is 4.79. The third-order valence-corrected chi connectivity index (χ3v) is 6.03. The number of ether oxygens (including phenoxy) is 1. The Morgan fingerprint density at radius 3 is 2.41 bits per heavy atom. The van der Waals surface area contributed by atoms with Gasteiger partial charge in [-0.3, -0.25) is 4.79 Å². The number of rotatable bonds is 6. The lowest BCUT2D eigenvalue weighted by Gasteiger charge is -2.11. The number of nitrogens with one attached hydrogen (secondary N) is 1. The number of hydrogen-bond acceptors (Lipinski definition) is 4. The van der Waals surface area contributed by atoms with E-state index in [9.17, 15) is 4.79 Å². The van der Waals surface area contributed by atoms with Gasteiger partial charge in [0.25, 0.3) is 5.91 Å². The molecule has 0 aliphatic carbocycles. The van der Waals surface area contributed by atoms with Crippen LogP contribution in [0, 0.1) is 6.92 Å². The van der Waals surface area contributed by atoms with Crippen LogP contribution >= 0.6 is 31.9 Å². The summed E-state index contributed by atoms with van der Waals surface area (Å²) in [6.07, 6.45) is 0. The van der Waals surface area contributed by atoms with Gasteiger partial charge in [0.1, 0.15) is 23.7 Å². The summed E-state index contributed by atoms with van der Waals surface area (Å²) in [6, 6.07) is 20.9. The van der Waals surface area contributed by atoms with Crippen molar-refractivity contribution in [2.45, 2.75) is 20.5 Å².